The van der Waals surface area contributed by atoms with E-state index in [4.69, 9.17) is 29.4 Å². The van der Waals surface area contributed by atoms with Crippen molar-refractivity contribution in [3.8, 4) is 11.5 Å². The summed E-state index contributed by atoms with van der Waals surface area (Å²) in [5.74, 6) is 1.95. The SMILES string of the molecule is COCCCOc1cc(C[C@H](C[C@H]2[C@H](C[C@H](C(=O)NCC(C)(C)C(N)=O)C(C)C)OCN2C(=O)OC(C)C[C](C)C)C(C)C)ccc1OC. The fourth-order valence-electron chi connectivity index (χ4n) is 6.14. The van der Waals surface area contributed by atoms with E-state index in [-0.39, 0.29) is 55.2 Å². The highest BCUT2D eigenvalue weighted by Gasteiger charge is 2.43. The third-order valence-electron chi connectivity index (χ3n) is 9.45. The molecule has 1 unspecified atom stereocenters. The van der Waals surface area contributed by atoms with Gasteiger partial charge in [-0.2, -0.15) is 0 Å². The van der Waals surface area contributed by atoms with Crippen LogP contribution in [0, 0.1) is 35.0 Å². The summed E-state index contributed by atoms with van der Waals surface area (Å²) in [6.45, 7) is 19.1. The number of benzene rings is 1. The average molecular weight is 691 g/mol. The molecular weight excluding hydrogens is 626 g/mol. The van der Waals surface area contributed by atoms with Gasteiger partial charge in [-0.3, -0.25) is 14.5 Å². The zero-order valence-corrected chi connectivity index (χ0v) is 31.9. The smallest absolute Gasteiger partial charge is 0.412 e. The zero-order chi connectivity index (χ0) is 36.9. The Balaban J connectivity index is 2.36. The summed E-state index contributed by atoms with van der Waals surface area (Å²) in [5.41, 5.74) is 5.77. The number of methoxy groups -OCH3 is 2. The lowest BCUT2D eigenvalue weighted by molar-refractivity contribution is -0.130. The topological polar surface area (TPSA) is 139 Å². The maximum Gasteiger partial charge on any atom is 0.412 e. The number of ether oxygens (including phenoxy) is 5. The first-order chi connectivity index (χ1) is 23.0. The van der Waals surface area contributed by atoms with Crippen LogP contribution in [-0.2, 0) is 30.2 Å². The van der Waals surface area contributed by atoms with Gasteiger partial charge in [0.25, 0.3) is 0 Å². The first-order valence-electron chi connectivity index (χ1n) is 17.7. The van der Waals surface area contributed by atoms with E-state index in [1.807, 2.05) is 46.8 Å². The van der Waals surface area contributed by atoms with E-state index < -0.39 is 23.3 Å². The highest BCUT2D eigenvalue weighted by atomic mass is 16.6. The van der Waals surface area contributed by atoms with Gasteiger partial charge in [0, 0.05) is 32.6 Å². The van der Waals surface area contributed by atoms with Crippen LogP contribution < -0.4 is 20.5 Å². The van der Waals surface area contributed by atoms with Crippen molar-refractivity contribution < 1.29 is 38.1 Å². The molecular formula is C38H64N3O8. The lowest BCUT2D eigenvalue weighted by Crippen LogP contribution is -2.47. The van der Waals surface area contributed by atoms with E-state index in [1.165, 1.54) is 5.92 Å². The largest absolute Gasteiger partial charge is 0.493 e. The minimum Gasteiger partial charge on any atom is -0.493 e. The van der Waals surface area contributed by atoms with Crippen molar-refractivity contribution in [1.29, 1.82) is 0 Å². The molecule has 0 aromatic heterocycles. The van der Waals surface area contributed by atoms with E-state index >= 15 is 0 Å². The Hall–Kier alpha value is -3.05. The van der Waals surface area contributed by atoms with Crippen molar-refractivity contribution >= 4 is 17.9 Å². The summed E-state index contributed by atoms with van der Waals surface area (Å²) in [6.07, 6.45) is 2.19. The number of rotatable bonds is 21. The van der Waals surface area contributed by atoms with Crippen molar-refractivity contribution in [3.63, 3.8) is 0 Å². The number of hydrogen-bond donors (Lipinski definition) is 2. The molecule has 1 saturated heterocycles. The van der Waals surface area contributed by atoms with Crippen molar-refractivity contribution in [1.82, 2.24) is 10.2 Å². The lowest BCUT2D eigenvalue weighted by atomic mass is 9.80. The number of nitrogens with two attached hydrogens (primary N) is 1. The minimum absolute atomic E-state index is 0.00691. The molecule has 0 saturated carbocycles. The number of primary amides is 1. The second-order valence-corrected chi connectivity index (χ2v) is 15.2. The normalized spacial score (nSPS) is 18.4. The summed E-state index contributed by atoms with van der Waals surface area (Å²) in [4.78, 5) is 40.8. The van der Waals surface area contributed by atoms with Crippen LogP contribution in [0.2, 0.25) is 0 Å². The number of nitrogens with zero attached hydrogens (tertiary/aromatic N) is 1. The Bertz CT molecular complexity index is 1190. The molecule has 279 valence electrons. The maximum absolute atomic E-state index is 13.6. The molecule has 1 aromatic carbocycles. The highest BCUT2D eigenvalue weighted by Crippen LogP contribution is 2.36. The number of hydrogen-bond acceptors (Lipinski definition) is 8. The fourth-order valence-corrected chi connectivity index (χ4v) is 6.14. The van der Waals surface area contributed by atoms with Gasteiger partial charge < -0.3 is 34.7 Å². The Morgan fingerprint density at radius 2 is 1.71 bits per heavy atom. The third-order valence-corrected chi connectivity index (χ3v) is 9.45. The molecule has 0 aliphatic carbocycles. The van der Waals surface area contributed by atoms with Crippen LogP contribution in [0.1, 0.15) is 93.6 Å². The van der Waals surface area contributed by atoms with Crippen molar-refractivity contribution in [3.05, 3.63) is 29.7 Å². The van der Waals surface area contributed by atoms with E-state index in [2.05, 4.69) is 25.2 Å². The fraction of sp³-hybridized carbons (Fsp3) is 0.737. The number of carbonyl (C=O) groups excluding carboxylic acids is 3. The second-order valence-electron chi connectivity index (χ2n) is 15.2. The summed E-state index contributed by atoms with van der Waals surface area (Å²) in [5, 5.41) is 2.95. The van der Waals surface area contributed by atoms with Gasteiger partial charge in [0.15, 0.2) is 11.5 Å². The van der Waals surface area contributed by atoms with E-state index in [1.54, 1.807) is 33.0 Å². The van der Waals surface area contributed by atoms with Crippen LogP contribution in [0.3, 0.4) is 0 Å². The quantitative estimate of drug-likeness (QED) is 0.146. The average Bonchev–Trinajstić information content (AvgIpc) is 3.41. The zero-order valence-electron chi connectivity index (χ0n) is 31.9. The van der Waals surface area contributed by atoms with Gasteiger partial charge in [0.05, 0.1) is 31.3 Å². The van der Waals surface area contributed by atoms with Gasteiger partial charge in [-0.25, -0.2) is 4.79 Å². The van der Waals surface area contributed by atoms with Crippen molar-refractivity contribution in [2.45, 2.75) is 113 Å². The second kappa shape index (κ2) is 20.0. The molecule has 1 heterocycles. The van der Waals surface area contributed by atoms with Gasteiger partial charge in [0.2, 0.25) is 11.8 Å². The molecule has 49 heavy (non-hydrogen) atoms. The van der Waals surface area contributed by atoms with Crippen LogP contribution in [0.4, 0.5) is 4.79 Å². The van der Waals surface area contributed by atoms with E-state index in [0.717, 1.165) is 18.4 Å². The molecule has 3 amide bonds. The predicted octanol–water partition coefficient (Wildman–Crippen LogP) is 6.16. The van der Waals surface area contributed by atoms with Crippen LogP contribution >= 0.6 is 0 Å². The molecule has 11 nitrogen and oxygen atoms in total. The molecule has 2 rings (SSSR count). The van der Waals surface area contributed by atoms with Crippen LogP contribution in [-0.4, -0.2) is 81.8 Å². The van der Waals surface area contributed by atoms with Crippen molar-refractivity contribution in [2.75, 3.05) is 40.7 Å². The summed E-state index contributed by atoms with van der Waals surface area (Å²) in [6, 6.07) is 5.72. The standard InChI is InChI=1S/C38H64N3O8/c1-24(2)17-27(7)49-37(44)41-23-48-33(21-30(26(5)6)35(42)40-22-38(8,9)36(39)43)31(41)20-29(25(3)4)18-28-13-14-32(46-11)34(19-28)47-16-12-15-45-10/h13-14,19,25-27,29-31,33H,12,15-18,20-23H2,1-11H3,(H2,39,43)(H,40,42)/t27?,29-,30+,31+,33+/m1/s1. The molecule has 3 N–H and O–H groups in total. The van der Waals surface area contributed by atoms with E-state index in [9.17, 15) is 14.4 Å². The molecule has 0 spiro atoms. The van der Waals surface area contributed by atoms with E-state index in [0.29, 0.717) is 44.0 Å². The van der Waals surface area contributed by atoms with Gasteiger partial charge in [-0.05, 0) is 87.8 Å². The Kier molecular flexibility index (Phi) is 17.2. The van der Waals surface area contributed by atoms with Gasteiger partial charge in [-0.1, -0.05) is 47.6 Å². The number of carbonyl (C=O) groups is 3. The molecule has 1 aliphatic heterocycles. The predicted molar refractivity (Wildman–Crippen MR) is 191 cm³/mol. The van der Waals surface area contributed by atoms with Gasteiger partial charge in [0.1, 0.15) is 12.8 Å². The van der Waals surface area contributed by atoms with Gasteiger partial charge in [-0.15, -0.1) is 0 Å². The molecule has 0 bridgehead atoms. The number of amides is 3. The lowest BCUT2D eigenvalue weighted by Gasteiger charge is -2.33. The molecule has 5 atom stereocenters. The molecule has 11 heteroatoms. The van der Waals surface area contributed by atoms with Gasteiger partial charge >= 0.3 is 6.09 Å². The molecule has 1 fully saturated rings. The first-order valence-corrected chi connectivity index (χ1v) is 17.7. The minimum atomic E-state index is -0.879. The molecule has 1 radical (unpaired) electrons. The summed E-state index contributed by atoms with van der Waals surface area (Å²) >= 11 is 0. The monoisotopic (exact) mass is 690 g/mol. The third kappa shape index (κ3) is 13.3. The summed E-state index contributed by atoms with van der Waals surface area (Å²) in [7, 11) is 3.30. The molecule has 1 aromatic rings. The Labute approximate surface area is 295 Å². The highest BCUT2D eigenvalue weighted by molar-refractivity contribution is 5.83. The molecule has 1 aliphatic rings. The number of nitrogens with one attached hydrogen (secondary N) is 1. The Morgan fingerprint density at radius 3 is 2.29 bits per heavy atom. The summed E-state index contributed by atoms with van der Waals surface area (Å²) < 4.78 is 29.0. The first kappa shape index (κ1) is 42.1. The van der Waals surface area contributed by atoms with Crippen molar-refractivity contribution in [2.24, 2.45) is 34.8 Å². The van der Waals surface area contributed by atoms with Crippen LogP contribution in [0.5, 0.6) is 11.5 Å². The Morgan fingerprint density at radius 1 is 1.02 bits per heavy atom. The van der Waals surface area contributed by atoms with Crippen LogP contribution in [0.15, 0.2) is 18.2 Å². The van der Waals surface area contributed by atoms with Crippen LogP contribution in [0.25, 0.3) is 0 Å². The maximum atomic E-state index is 13.6.